The molecule has 1 aliphatic rings. The van der Waals surface area contributed by atoms with Crippen LogP contribution in [-0.2, 0) is 19.4 Å². The van der Waals surface area contributed by atoms with Crippen LogP contribution in [0.25, 0.3) is 0 Å². The van der Waals surface area contributed by atoms with Crippen molar-refractivity contribution in [1.29, 1.82) is 5.26 Å². The summed E-state index contributed by atoms with van der Waals surface area (Å²) in [6.45, 7) is 1.86. The van der Waals surface area contributed by atoms with Crippen LogP contribution in [0, 0.1) is 16.7 Å². The number of carbonyl (C=O) groups excluding carboxylic acids is 1. The molecule has 6 heteroatoms. The van der Waals surface area contributed by atoms with Crippen molar-refractivity contribution in [2.75, 3.05) is 12.9 Å². The summed E-state index contributed by atoms with van der Waals surface area (Å²) in [6, 6.07) is 1.93. The van der Waals surface area contributed by atoms with Crippen molar-refractivity contribution in [2.45, 2.75) is 31.4 Å². The van der Waals surface area contributed by atoms with Crippen molar-refractivity contribution < 1.29 is 17.9 Å². The molecule has 2 atom stereocenters. The van der Waals surface area contributed by atoms with Crippen LogP contribution in [0.3, 0.4) is 0 Å². The quantitative estimate of drug-likeness (QED) is 0.682. The number of nitriles is 1. The van der Waals surface area contributed by atoms with E-state index in [0.717, 1.165) is 6.26 Å². The minimum absolute atomic E-state index is 0.0567. The molecule has 5 nitrogen and oxygen atoms in total. The van der Waals surface area contributed by atoms with Crippen molar-refractivity contribution in [2.24, 2.45) is 5.41 Å². The van der Waals surface area contributed by atoms with Crippen molar-refractivity contribution in [3.63, 3.8) is 0 Å². The van der Waals surface area contributed by atoms with Gasteiger partial charge in [0.05, 0.1) is 17.9 Å². The Balaban J connectivity index is 2.89. The first-order valence-corrected chi connectivity index (χ1v) is 7.08. The molecule has 0 bridgehead atoms. The van der Waals surface area contributed by atoms with Gasteiger partial charge in [0.1, 0.15) is 9.84 Å². The smallest absolute Gasteiger partial charge is 0.326 e. The second kappa shape index (κ2) is 4.42. The Morgan fingerprint density at radius 1 is 1.62 bits per heavy atom. The van der Waals surface area contributed by atoms with Gasteiger partial charge in [-0.1, -0.05) is 0 Å². The normalized spacial score (nSPS) is 29.7. The van der Waals surface area contributed by atoms with E-state index in [2.05, 4.69) is 0 Å². The van der Waals surface area contributed by atoms with E-state index in [4.69, 9.17) is 10.00 Å². The zero-order valence-electron chi connectivity index (χ0n) is 9.39. The molecule has 2 unspecified atom stereocenters. The highest BCUT2D eigenvalue weighted by Crippen LogP contribution is 2.41. The van der Waals surface area contributed by atoms with E-state index in [-0.39, 0.29) is 19.4 Å². The monoisotopic (exact) mass is 245 g/mol. The standard InChI is InChI=1S/C10H15NO4S/c1-3-15-9(12)10(7-11)5-4-8(6-10)16(2,13)14/h8H,3-6H2,1-2H3. The number of rotatable bonds is 3. The van der Waals surface area contributed by atoms with Crippen LogP contribution >= 0.6 is 0 Å². The van der Waals surface area contributed by atoms with E-state index in [1.54, 1.807) is 6.92 Å². The fourth-order valence-corrected chi connectivity index (χ4v) is 3.10. The molecule has 0 saturated heterocycles. The number of carbonyl (C=O) groups is 1. The summed E-state index contributed by atoms with van der Waals surface area (Å²) in [5.74, 6) is -0.594. The lowest BCUT2D eigenvalue weighted by atomic mass is 9.88. The van der Waals surface area contributed by atoms with Crippen LogP contribution in [-0.4, -0.2) is 32.5 Å². The zero-order chi connectivity index (χ0) is 12.4. The van der Waals surface area contributed by atoms with Crippen molar-refractivity contribution in [1.82, 2.24) is 0 Å². The molecule has 1 aliphatic carbocycles. The summed E-state index contributed by atoms with van der Waals surface area (Å²) in [5.41, 5.74) is -1.26. The van der Waals surface area contributed by atoms with E-state index in [9.17, 15) is 13.2 Å². The Kier molecular flexibility index (Phi) is 3.58. The number of sulfone groups is 1. The van der Waals surface area contributed by atoms with Crippen molar-refractivity contribution in [3.05, 3.63) is 0 Å². The number of ether oxygens (including phenoxy) is 1. The second-order valence-electron chi connectivity index (χ2n) is 4.11. The average molecular weight is 245 g/mol. The highest BCUT2D eigenvalue weighted by molar-refractivity contribution is 7.91. The van der Waals surface area contributed by atoms with Gasteiger partial charge in [-0.25, -0.2) is 8.42 Å². The summed E-state index contributed by atoms with van der Waals surface area (Å²) in [4.78, 5) is 11.6. The predicted octanol–water partition coefficient (Wildman–Crippen LogP) is 0.657. The number of nitrogens with zero attached hydrogens (tertiary/aromatic N) is 1. The Morgan fingerprint density at radius 2 is 2.25 bits per heavy atom. The van der Waals surface area contributed by atoms with Gasteiger partial charge in [-0.15, -0.1) is 0 Å². The minimum atomic E-state index is -3.19. The Morgan fingerprint density at radius 3 is 2.62 bits per heavy atom. The first kappa shape index (κ1) is 13.0. The molecule has 1 rings (SSSR count). The molecule has 0 aromatic heterocycles. The molecule has 0 aliphatic heterocycles. The van der Waals surface area contributed by atoms with Crippen LogP contribution in [0.2, 0.25) is 0 Å². The van der Waals surface area contributed by atoms with Crippen molar-refractivity contribution in [3.8, 4) is 6.07 Å². The molecule has 0 amide bonds. The van der Waals surface area contributed by atoms with Crippen LogP contribution in [0.15, 0.2) is 0 Å². The number of hydrogen-bond donors (Lipinski definition) is 0. The average Bonchev–Trinajstić information content (AvgIpc) is 2.63. The van der Waals surface area contributed by atoms with Gasteiger partial charge in [0.25, 0.3) is 0 Å². The van der Waals surface area contributed by atoms with Crippen LogP contribution in [0.5, 0.6) is 0 Å². The highest BCUT2D eigenvalue weighted by Gasteiger charge is 2.49. The van der Waals surface area contributed by atoms with E-state index < -0.39 is 26.5 Å². The second-order valence-corrected chi connectivity index (χ2v) is 6.43. The third-order valence-corrected chi connectivity index (χ3v) is 4.57. The SMILES string of the molecule is CCOC(=O)C1(C#N)CCC(S(C)(=O)=O)C1. The maximum absolute atomic E-state index is 11.6. The topological polar surface area (TPSA) is 84.2 Å². The van der Waals surface area contributed by atoms with Crippen LogP contribution in [0.4, 0.5) is 0 Å². The molecule has 0 aromatic rings. The molecule has 1 saturated carbocycles. The maximum atomic E-state index is 11.6. The van der Waals surface area contributed by atoms with Gasteiger partial charge in [-0.05, 0) is 26.2 Å². The zero-order valence-corrected chi connectivity index (χ0v) is 10.2. The molecule has 16 heavy (non-hydrogen) atoms. The largest absolute Gasteiger partial charge is 0.465 e. The van der Waals surface area contributed by atoms with Gasteiger partial charge in [-0.2, -0.15) is 5.26 Å². The van der Waals surface area contributed by atoms with E-state index in [1.807, 2.05) is 6.07 Å². The van der Waals surface area contributed by atoms with Gasteiger partial charge < -0.3 is 4.74 Å². The van der Waals surface area contributed by atoms with Gasteiger partial charge >= 0.3 is 5.97 Å². The van der Waals surface area contributed by atoms with Gasteiger partial charge in [0.2, 0.25) is 0 Å². The third-order valence-electron chi connectivity index (χ3n) is 2.95. The summed E-state index contributed by atoms with van der Waals surface area (Å²) >= 11 is 0. The van der Waals surface area contributed by atoms with Gasteiger partial charge in [0, 0.05) is 6.26 Å². The number of hydrogen-bond acceptors (Lipinski definition) is 5. The summed E-state index contributed by atoms with van der Waals surface area (Å²) in [6.07, 6.45) is 1.81. The minimum Gasteiger partial charge on any atom is -0.465 e. The summed E-state index contributed by atoms with van der Waals surface area (Å²) in [7, 11) is -3.19. The molecule has 0 aromatic carbocycles. The highest BCUT2D eigenvalue weighted by atomic mass is 32.2. The Hall–Kier alpha value is -1.09. The van der Waals surface area contributed by atoms with Crippen molar-refractivity contribution >= 4 is 15.8 Å². The summed E-state index contributed by atoms with van der Waals surface area (Å²) < 4.78 is 27.5. The lowest BCUT2D eigenvalue weighted by Gasteiger charge is -2.18. The molecule has 0 spiro atoms. The lowest BCUT2D eigenvalue weighted by Crippen LogP contribution is -2.30. The van der Waals surface area contributed by atoms with Gasteiger partial charge in [0.15, 0.2) is 5.41 Å². The molecular weight excluding hydrogens is 230 g/mol. The fraction of sp³-hybridized carbons (Fsp3) is 0.800. The molecule has 90 valence electrons. The molecule has 1 fully saturated rings. The Labute approximate surface area is 95.3 Å². The summed E-state index contributed by atoms with van der Waals surface area (Å²) in [5, 5.41) is 8.45. The maximum Gasteiger partial charge on any atom is 0.326 e. The molecule has 0 N–H and O–H groups in total. The van der Waals surface area contributed by atoms with E-state index in [0.29, 0.717) is 6.42 Å². The number of esters is 1. The van der Waals surface area contributed by atoms with E-state index in [1.165, 1.54) is 0 Å². The van der Waals surface area contributed by atoms with Crippen LogP contribution in [0.1, 0.15) is 26.2 Å². The predicted molar refractivity (Wildman–Crippen MR) is 57.2 cm³/mol. The first-order valence-electron chi connectivity index (χ1n) is 5.13. The van der Waals surface area contributed by atoms with E-state index >= 15 is 0 Å². The van der Waals surface area contributed by atoms with Gasteiger partial charge in [-0.3, -0.25) is 4.79 Å². The van der Waals surface area contributed by atoms with Crippen LogP contribution < -0.4 is 0 Å². The lowest BCUT2D eigenvalue weighted by molar-refractivity contribution is -0.151. The molecule has 0 radical (unpaired) electrons. The Bertz CT molecular complexity index is 423. The fourth-order valence-electron chi connectivity index (χ4n) is 1.97. The first-order chi connectivity index (χ1) is 7.35. The third kappa shape index (κ3) is 2.35. The molecule has 0 heterocycles. The molecular formula is C10H15NO4S.